The largest absolute Gasteiger partial charge is 0.395 e. The van der Waals surface area contributed by atoms with Crippen molar-refractivity contribution in [1.82, 2.24) is 5.32 Å². The lowest BCUT2D eigenvalue weighted by molar-refractivity contribution is 0.165. The summed E-state index contributed by atoms with van der Waals surface area (Å²) in [6, 6.07) is -0.161. The molecule has 3 heteroatoms. The lowest BCUT2D eigenvalue weighted by Crippen LogP contribution is -2.39. The Hall–Kier alpha value is -0.380. The fourth-order valence-corrected chi connectivity index (χ4v) is 2.36. The summed E-state index contributed by atoms with van der Waals surface area (Å²) in [7, 11) is 0. The van der Waals surface area contributed by atoms with Gasteiger partial charge in [0.15, 0.2) is 0 Å². The van der Waals surface area contributed by atoms with Crippen molar-refractivity contribution in [2.24, 2.45) is 11.8 Å². The van der Waals surface area contributed by atoms with Gasteiger partial charge >= 0.3 is 0 Å². The highest BCUT2D eigenvalue weighted by Crippen LogP contribution is 2.27. The first-order valence-corrected chi connectivity index (χ1v) is 5.78. The highest BCUT2D eigenvalue weighted by Gasteiger charge is 2.18. The second-order valence-corrected chi connectivity index (χ2v) is 4.77. The van der Waals surface area contributed by atoms with Crippen LogP contribution in [-0.2, 0) is 0 Å². The van der Waals surface area contributed by atoms with Gasteiger partial charge in [0.1, 0.15) is 0 Å². The third kappa shape index (κ3) is 4.33. The Morgan fingerprint density at radius 3 is 2.67 bits per heavy atom. The van der Waals surface area contributed by atoms with E-state index in [1.807, 2.05) is 0 Å². The Morgan fingerprint density at radius 2 is 2.13 bits per heavy atom. The van der Waals surface area contributed by atoms with Crippen LogP contribution in [0.5, 0.6) is 0 Å². The Labute approximate surface area is 92.2 Å². The second kappa shape index (κ2) is 6.26. The van der Waals surface area contributed by atoms with Gasteiger partial charge < -0.3 is 15.5 Å². The summed E-state index contributed by atoms with van der Waals surface area (Å²) in [5, 5.41) is 21.1. The van der Waals surface area contributed by atoms with Gasteiger partial charge in [-0.3, -0.25) is 0 Å². The molecule has 88 valence electrons. The number of rotatable bonds is 5. The third-order valence-electron chi connectivity index (χ3n) is 3.02. The van der Waals surface area contributed by atoms with E-state index in [0.29, 0.717) is 11.8 Å². The van der Waals surface area contributed by atoms with Crippen molar-refractivity contribution in [1.29, 1.82) is 0 Å². The van der Waals surface area contributed by atoms with Gasteiger partial charge in [0.2, 0.25) is 0 Å². The van der Waals surface area contributed by atoms with Crippen LogP contribution in [-0.4, -0.2) is 36.0 Å². The minimum atomic E-state index is -0.161. The Morgan fingerprint density at radius 1 is 1.47 bits per heavy atom. The van der Waals surface area contributed by atoms with Crippen LogP contribution in [0.4, 0.5) is 0 Å². The van der Waals surface area contributed by atoms with Gasteiger partial charge in [-0.15, -0.1) is 0 Å². The number of hydrogen-bond donors (Lipinski definition) is 3. The molecule has 0 radical (unpaired) electrons. The standard InChI is InChI=1S/C12H23NO2/c1-9-3-10(2)5-11(4-9)6-13-12(7-14)8-15/h3,9,11-15H,4-8H2,1-2H3. The molecule has 0 aromatic carbocycles. The van der Waals surface area contributed by atoms with Gasteiger partial charge in [0, 0.05) is 0 Å². The molecule has 1 aliphatic rings. The number of aliphatic hydroxyl groups excluding tert-OH is 2. The Bertz CT molecular complexity index is 212. The molecule has 0 saturated carbocycles. The van der Waals surface area contributed by atoms with Crippen LogP contribution in [0, 0.1) is 11.8 Å². The van der Waals surface area contributed by atoms with Crippen LogP contribution in [0.2, 0.25) is 0 Å². The molecule has 0 fully saturated rings. The lowest BCUT2D eigenvalue weighted by Gasteiger charge is -2.27. The summed E-state index contributed by atoms with van der Waals surface area (Å²) >= 11 is 0. The van der Waals surface area contributed by atoms with E-state index in [0.717, 1.165) is 13.0 Å². The molecule has 1 aliphatic carbocycles. The first kappa shape index (κ1) is 12.7. The van der Waals surface area contributed by atoms with E-state index in [1.165, 1.54) is 12.0 Å². The minimum Gasteiger partial charge on any atom is -0.395 e. The van der Waals surface area contributed by atoms with Crippen molar-refractivity contribution in [3.8, 4) is 0 Å². The monoisotopic (exact) mass is 213 g/mol. The molecule has 2 unspecified atom stereocenters. The first-order valence-electron chi connectivity index (χ1n) is 5.78. The van der Waals surface area contributed by atoms with Gasteiger partial charge in [-0.2, -0.15) is 0 Å². The van der Waals surface area contributed by atoms with Crippen LogP contribution in [0.1, 0.15) is 26.7 Å². The number of aliphatic hydroxyl groups is 2. The molecule has 0 aromatic heterocycles. The average Bonchev–Trinajstić information content (AvgIpc) is 2.18. The SMILES string of the molecule is CC1=CC(C)CC(CNC(CO)CO)C1. The summed E-state index contributed by atoms with van der Waals surface area (Å²) in [5.74, 6) is 1.30. The quantitative estimate of drug-likeness (QED) is 0.595. The Kier molecular flexibility index (Phi) is 5.29. The average molecular weight is 213 g/mol. The van der Waals surface area contributed by atoms with E-state index in [2.05, 4.69) is 25.2 Å². The fourth-order valence-electron chi connectivity index (χ4n) is 2.36. The van der Waals surface area contributed by atoms with E-state index in [1.54, 1.807) is 0 Å². The molecule has 0 spiro atoms. The minimum absolute atomic E-state index is 0.00753. The predicted molar refractivity (Wildman–Crippen MR) is 61.6 cm³/mol. The van der Waals surface area contributed by atoms with Crippen molar-refractivity contribution < 1.29 is 10.2 Å². The summed E-state index contributed by atoms with van der Waals surface area (Å²) in [5.41, 5.74) is 1.46. The molecular weight excluding hydrogens is 190 g/mol. The molecule has 0 bridgehead atoms. The third-order valence-corrected chi connectivity index (χ3v) is 3.02. The summed E-state index contributed by atoms with van der Waals surface area (Å²) < 4.78 is 0. The maximum atomic E-state index is 8.93. The molecule has 0 aromatic rings. The summed E-state index contributed by atoms with van der Waals surface area (Å²) in [6.45, 7) is 5.33. The fraction of sp³-hybridized carbons (Fsp3) is 0.833. The zero-order chi connectivity index (χ0) is 11.3. The first-order chi connectivity index (χ1) is 7.15. The molecule has 0 saturated heterocycles. The van der Waals surface area contributed by atoms with Crippen molar-refractivity contribution in [3.05, 3.63) is 11.6 Å². The van der Waals surface area contributed by atoms with E-state index < -0.39 is 0 Å². The van der Waals surface area contributed by atoms with E-state index >= 15 is 0 Å². The van der Waals surface area contributed by atoms with Crippen molar-refractivity contribution >= 4 is 0 Å². The number of hydrogen-bond acceptors (Lipinski definition) is 3. The van der Waals surface area contributed by atoms with Crippen molar-refractivity contribution in [3.63, 3.8) is 0 Å². The van der Waals surface area contributed by atoms with Gasteiger partial charge in [0.05, 0.1) is 19.3 Å². The van der Waals surface area contributed by atoms with Crippen LogP contribution < -0.4 is 5.32 Å². The van der Waals surface area contributed by atoms with Gasteiger partial charge in [-0.1, -0.05) is 18.6 Å². The molecule has 15 heavy (non-hydrogen) atoms. The maximum absolute atomic E-state index is 8.93. The maximum Gasteiger partial charge on any atom is 0.0607 e. The smallest absolute Gasteiger partial charge is 0.0607 e. The highest BCUT2D eigenvalue weighted by atomic mass is 16.3. The van der Waals surface area contributed by atoms with Crippen LogP contribution in [0.25, 0.3) is 0 Å². The van der Waals surface area contributed by atoms with Gasteiger partial charge in [0.25, 0.3) is 0 Å². The molecule has 0 amide bonds. The number of allylic oxidation sites excluding steroid dienone is 2. The van der Waals surface area contributed by atoms with Crippen LogP contribution in [0.15, 0.2) is 11.6 Å². The van der Waals surface area contributed by atoms with Crippen LogP contribution in [0.3, 0.4) is 0 Å². The molecule has 3 N–H and O–H groups in total. The molecule has 3 nitrogen and oxygen atoms in total. The Balaban J connectivity index is 2.31. The molecule has 1 rings (SSSR count). The van der Waals surface area contributed by atoms with E-state index in [-0.39, 0.29) is 19.3 Å². The summed E-state index contributed by atoms with van der Waals surface area (Å²) in [6.07, 6.45) is 4.68. The second-order valence-electron chi connectivity index (χ2n) is 4.77. The normalized spacial score (nSPS) is 26.9. The lowest BCUT2D eigenvalue weighted by atomic mass is 9.83. The van der Waals surface area contributed by atoms with E-state index in [9.17, 15) is 0 Å². The predicted octanol–water partition coefficient (Wildman–Crippen LogP) is 0.922. The summed E-state index contributed by atoms with van der Waals surface area (Å²) in [4.78, 5) is 0. The zero-order valence-corrected chi connectivity index (χ0v) is 9.74. The van der Waals surface area contributed by atoms with Gasteiger partial charge in [-0.25, -0.2) is 0 Å². The highest BCUT2D eigenvalue weighted by molar-refractivity contribution is 5.06. The molecule has 2 atom stereocenters. The van der Waals surface area contributed by atoms with Gasteiger partial charge in [-0.05, 0) is 38.1 Å². The molecule has 0 aliphatic heterocycles. The molecular formula is C12H23NO2. The van der Waals surface area contributed by atoms with Crippen molar-refractivity contribution in [2.75, 3.05) is 19.8 Å². The van der Waals surface area contributed by atoms with Crippen molar-refractivity contribution in [2.45, 2.75) is 32.7 Å². The van der Waals surface area contributed by atoms with Crippen LogP contribution >= 0.6 is 0 Å². The van der Waals surface area contributed by atoms with E-state index in [4.69, 9.17) is 10.2 Å². The number of nitrogens with one attached hydrogen (secondary N) is 1. The zero-order valence-electron chi connectivity index (χ0n) is 9.74. The topological polar surface area (TPSA) is 52.5 Å². The molecule has 0 heterocycles.